The van der Waals surface area contributed by atoms with Gasteiger partial charge in [0.2, 0.25) is 5.91 Å². The summed E-state index contributed by atoms with van der Waals surface area (Å²) in [7, 11) is 1.96. The van der Waals surface area contributed by atoms with Gasteiger partial charge in [-0.05, 0) is 37.1 Å². The van der Waals surface area contributed by atoms with Gasteiger partial charge in [-0.2, -0.15) is 0 Å². The van der Waals surface area contributed by atoms with Crippen LogP contribution in [0.25, 0.3) is 0 Å². The van der Waals surface area contributed by atoms with Crippen LogP contribution in [0.5, 0.6) is 0 Å². The van der Waals surface area contributed by atoms with Crippen molar-refractivity contribution in [2.45, 2.75) is 24.9 Å². The Balaban J connectivity index is 1.73. The number of imidazole rings is 1. The number of amides is 1. The van der Waals surface area contributed by atoms with Crippen molar-refractivity contribution in [3.05, 3.63) is 36.2 Å². The molecule has 2 rings (SSSR count). The van der Waals surface area contributed by atoms with Gasteiger partial charge in [0.1, 0.15) is 0 Å². The highest BCUT2D eigenvalue weighted by atomic mass is 32.2. The van der Waals surface area contributed by atoms with Gasteiger partial charge < -0.3 is 15.6 Å². The largest absolute Gasteiger partial charge is 0.399 e. The molecule has 5 nitrogen and oxygen atoms in total. The molecule has 0 aliphatic carbocycles. The van der Waals surface area contributed by atoms with Crippen molar-refractivity contribution < 1.29 is 4.79 Å². The highest BCUT2D eigenvalue weighted by Gasteiger charge is 2.06. The molecular weight excluding hydrogens is 284 g/mol. The van der Waals surface area contributed by atoms with Gasteiger partial charge in [-0.1, -0.05) is 11.8 Å². The Morgan fingerprint density at radius 2 is 2.29 bits per heavy atom. The lowest BCUT2D eigenvalue weighted by Gasteiger charge is -2.09. The van der Waals surface area contributed by atoms with E-state index in [-0.39, 0.29) is 5.91 Å². The van der Waals surface area contributed by atoms with Crippen LogP contribution in [0.1, 0.15) is 18.4 Å². The first-order valence-electron chi connectivity index (χ1n) is 6.82. The van der Waals surface area contributed by atoms with E-state index in [1.54, 1.807) is 24.0 Å². The molecule has 1 amide bonds. The Kier molecular flexibility index (Phi) is 5.27. The summed E-state index contributed by atoms with van der Waals surface area (Å²) in [6, 6.07) is 5.48. The Morgan fingerprint density at radius 3 is 2.95 bits per heavy atom. The molecule has 0 saturated heterocycles. The van der Waals surface area contributed by atoms with E-state index < -0.39 is 0 Å². The first-order chi connectivity index (χ1) is 10.1. The van der Waals surface area contributed by atoms with Crippen LogP contribution in [-0.2, 0) is 11.8 Å². The number of hydrogen-bond donors (Lipinski definition) is 2. The number of nitrogen functional groups attached to an aromatic ring is 1. The fraction of sp³-hybridized carbons (Fsp3) is 0.333. The molecule has 0 aliphatic heterocycles. The average molecular weight is 304 g/mol. The van der Waals surface area contributed by atoms with Crippen LogP contribution in [0.2, 0.25) is 0 Å². The van der Waals surface area contributed by atoms with Crippen molar-refractivity contribution >= 4 is 29.0 Å². The maximum absolute atomic E-state index is 11.9. The second-order valence-electron chi connectivity index (χ2n) is 4.90. The van der Waals surface area contributed by atoms with Crippen molar-refractivity contribution in [3.8, 4) is 0 Å². The molecule has 1 aromatic heterocycles. The number of anilines is 2. The lowest BCUT2D eigenvalue weighted by Crippen LogP contribution is -2.12. The summed E-state index contributed by atoms with van der Waals surface area (Å²) in [5.41, 5.74) is 8.20. The Labute approximate surface area is 128 Å². The highest BCUT2D eigenvalue weighted by Crippen LogP contribution is 2.19. The van der Waals surface area contributed by atoms with Crippen LogP contribution in [-0.4, -0.2) is 21.2 Å². The summed E-state index contributed by atoms with van der Waals surface area (Å²) in [5, 5.41) is 3.89. The predicted molar refractivity (Wildman–Crippen MR) is 87.4 cm³/mol. The van der Waals surface area contributed by atoms with E-state index in [0.717, 1.165) is 28.6 Å². The van der Waals surface area contributed by atoms with Crippen molar-refractivity contribution in [1.29, 1.82) is 0 Å². The number of nitrogens with two attached hydrogens (primary N) is 1. The van der Waals surface area contributed by atoms with Gasteiger partial charge >= 0.3 is 0 Å². The molecule has 0 aliphatic rings. The molecule has 0 saturated carbocycles. The van der Waals surface area contributed by atoms with Crippen molar-refractivity contribution in [1.82, 2.24) is 9.55 Å². The van der Waals surface area contributed by atoms with E-state index in [9.17, 15) is 4.79 Å². The molecule has 0 fully saturated rings. The number of carbonyl (C=O) groups excluding carboxylic acids is 1. The number of thioether (sulfide) groups is 1. The molecule has 0 bridgehead atoms. The molecular formula is C15H20N4OS. The summed E-state index contributed by atoms with van der Waals surface area (Å²) in [6.07, 6.45) is 5.01. The lowest BCUT2D eigenvalue weighted by atomic mass is 10.1. The molecule has 0 spiro atoms. The maximum Gasteiger partial charge on any atom is 0.224 e. The highest BCUT2D eigenvalue weighted by molar-refractivity contribution is 7.99. The number of carbonyl (C=O) groups is 1. The maximum atomic E-state index is 11.9. The number of nitrogens with zero attached hydrogens (tertiary/aromatic N) is 2. The first-order valence-corrected chi connectivity index (χ1v) is 7.81. The third-order valence-electron chi connectivity index (χ3n) is 3.08. The van der Waals surface area contributed by atoms with Gasteiger partial charge in [-0.3, -0.25) is 4.79 Å². The minimum absolute atomic E-state index is 0.0308. The van der Waals surface area contributed by atoms with Gasteiger partial charge in [-0.15, -0.1) is 0 Å². The van der Waals surface area contributed by atoms with E-state index >= 15 is 0 Å². The molecule has 0 unspecified atom stereocenters. The van der Waals surface area contributed by atoms with Gasteiger partial charge in [0, 0.05) is 43.0 Å². The SMILES string of the molecule is Cc1cc(N)ccc1NC(=O)CCCSc1nccn1C. The van der Waals surface area contributed by atoms with Crippen LogP contribution in [0.4, 0.5) is 11.4 Å². The molecule has 1 aromatic carbocycles. The zero-order valence-electron chi connectivity index (χ0n) is 12.3. The Bertz CT molecular complexity index is 624. The molecule has 0 radical (unpaired) electrons. The summed E-state index contributed by atoms with van der Waals surface area (Å²) in [4.78, 5) is 16.1. The van der Waals surface area contributed by atoms with Crippen molar-refractivity contribution in [2.24, 2.45) is 7.05 Å². The van der Waals surface area contributed by atoms with Gasteiger partial charge in [0.25, 0.3) is 0 Å². The summed E-state index contributed by atoms with van der Waals surface area (Å²) in [5.74, 6) is 0.905. The molecule has 1 heterocycles. The topological polar surface area (TPSA) is 72.9 Å². The standard InChI is InChI=1S/C15H20N4OS/c1-11-10-12(16)5-6-13(11)18-14(20)4-3-9-21-15-17-7-8-19(15)2/h5-8,10H,3-4,9,16H2,1-2H3,(H,18,20). The Hall–Kier alpha value is -1.95. The molecule has 0 atom stereocenters. The van der Waals surface area contributed by atoms with Crippen LogP contribution < -0.4 is 11.1 Å². The van der Waals surface area contributed by atoms with E-state index in [0.29, 0.717) is 12.1 Å². The van der Waals surface area contributed by atoms with Gasteiger partial charge in [-0.25, -0.2) is 4.98 Å². The third-order valence-corrected chi connectivity index (χ3v) is 4.23. The predicted octanol–water partition coefficient (Wildman–Crippen LogP) is 2.82. The van der Waals surface area contributed by atoms with Crippen molar-refractivity contribution in [2.75, 3.05) is 16.8 Å². The van der Waals surface area contributed by atoms with Gasteiger partial charge in [0.05, 0.1) is 0 Å². The molecule has 2 aromatic rings. The smallest absolute Gasteiger partial charge is 0.224 e. The molecule has 6 heteroatoms. The van der Waals surface area contributed by atoms with Crippen LogP contribution in [0.15, 0.2) is 35.7 Å². The molecule has 112 valence electrons. The normalized spacial score (nSPS) is 10.6. The van der Waals surface area contributed by atoms with Crippen molar-refractivity contribution in [3.63, 3.8) is 0 Å². The van der Waals surface area contributed by atoms with Crippen LogP contribution in [0, 0.1) is 6.92 Å². The second kappa shape index (κ2) is 7.17. The summed E-state index contributed by atoms with van der Waals surface area (Å²) in [6.45, 7) is 1.93. The van der Waals surface area contributed by atoms with Crippen LogP contribution in [0.3, 0.4) is 0 Å². The number of aryl methyl sites for hydroxylation is 2. The zero-order valence-corrected chi connectivity index (χ0v) is 13.1. The minimum Gasteiger partial charge on any atom is -0.399 e. The number of rotatable bonds is 6. The number of benzene rings is 1. The van der Waals surface area contributed by atoms with E-state index in [4.69, 9.17) is 5.73 Å². The number of nitrogens with one attached hydrogen (secondary N) is 1. The second-order valence-corrected chi connectivity index (χ2v) is 5.96. The number of hydrogen-bond acceptors (Lipinski definition) is 4. The Morgan fingerprint density at radius 1 is 1.48 bits per heavy atom. The quantitative estimate of drug-likeness (QED) is 0.489. The lowest BCUT2D eigenvalue weighted by molar-refractivity contribution is -0.116. The minimum atomic E-state index is 0.0308. The fourth-order valence-electron chi connectivity index (χ4n) is 1.93. The average Bonchev–Trinajstić information content (AvgIpc) is 2.84. The monoisotopic (exact) mass is 304 g/mol. The number of aromatic nitrogens is 2. The zero-order chi connectivity index (χ0) is 15.2. The fourth-order valence-corrected chi connectivity index (χ4v) is 2.80. The molecule has 3 N–H and O–H groups in total. The first kappa shape index (κ1) is 15.4. The van der Waals surface area contributed by atoms with Gasteiger partial charge in [0.15, 0.2) is 5.16 Å². The van der Waals surface area contributed by atoms with E-state index in [1.165, 1.54) is 0 Å². The molecule has 21 heavy (non-hydrogen) atoms. The summed E-state index contributed by atoms with van der Waals surface area (Å²) < 4.78 is 1.97. The van der Waals surface area contributed by atoms with E-state index in [2.05, 4.69) is 10.3 Å². The summed E-state index contributed by atoms with van der Waals surface area (Å²) >= 11 is 1.66. The van der Waals surface area contributed by atoms with Crippen LogP contribution >= 0.6 is 11.8 Å². The third kappa shape index (κ3) is 4.53. The van der Waals surface area contributed by atoms with E-state index in [1.807, 2.05) is 36.9 Å².